The molecule has 0 fully saturated rings. The van der Waals surface area contributed by atoms with Crippen LogP contribution in [0.15, 0.2) is 42.5 Å². The number of thiophene rings is 1. The lowest BCUT2D eigenvalue weighted by atomic mass is 10.2. The minimum absolute atomic E-state index is 0.391. The fourth-order valence-corrected chi connectivity index (χ4v) is 3.67. The molecule has 0 saturated heterocycles. The van der Waals surface area contributed by atoms with E-state index in [2.05, 4.69) is 10.6 Å². The molecule has 0 spiro atoms. The molecule has 0 saturated carbocycles. The Balaban J connectivity index is 1.84. The quantitative estimate of drug-likeness (QED) is 0.559. The number of esters is 1. The summed E-state index contributed by atoms with van der Waals surface area (Å²) >= 11 is 7.12. The summed E-state index contributed by atoms with van der Waals surface area (Å²) < 4.78 is 11.3. The molecule has 140 valence electrons. The molecule has 1 aromatic heterocycles. The summed E-state index contributed by atoms with van der Waals surface area (Å²) in [5.74, 6) is 0.0146. The van der Waals surface area contributed by atoms with Crippen molar-refractivity contribution in [1.29, 1.82) is 0 Å². The van der Waals surface area contributed by atoms with Gasteiger partial charge in [-0.25, -0.2) is 9.59 Å². The SMILES string of the molecule is CCOc1c(C(=O)OC)sc2ccc(NC(=O)Nc3ccc(Cl)cc3)cc12. The van der Waals surface area contributed by atoms with Crippen LogP contribution in [0.2, 0.25) is 5.02 Å². The summed E-state index contributed by atoms with van der Waals surface area (Å²) in [6.07, 6.45) is 0. The Morgan fingerprint density at radius 3 is 2.41 bits per heavy atom. The van der Waals surface area contributed by atoms with Crippen molar-refractivity contribution in [2.24, 2.45) is 0 Å². The topological polar surface area (TPSA) is 76.7 Å². The summed E-state index contributed by atoms with van der Waals surface area (Å²) in [7, 11) is 1.33. The van der Waals surface area contributed by atoms with Crippen LogP contribution in [0.1, 0.15) is 16.6 Å². The van der Waals surface area contributed by atoms with Gasteiger partial charge in [-0.1, -0.05) is 11.6 Å². The van der Waals surface area contributed by atoms with Crippen LogP contribution in [-0.2, 0) is 4.74 Å². The zero-order valence-electron chi connectivity index (χ0n) is 14.7. The van der Waals surface area contributed by atoms with Gasteiger partial charge in [0.05, 0.1) is 13.7 Å². The highest BCUT2D eigenvalue weighted by atomic mass is 35.5. The number of fused-ring (bicyclic) bond motifs is 1. The second-order valence-corrected chi connectivity index (χ2v) is 6.97. The van der Waals surface area contributed by atoms with E-state index in [4.69, 9.17) is 21.1 Å². The molecule has 0 aliphatic heterocycles. The summed E-state index contributed by atoms with van der Waals surface area (Å²) in [4.78, 5) is 24.6. The average Bonchev–Trinajstić information content (AvgIpc) is 3.01. The van der Waals surface area contributed by atoms with Crippen molar-refractivity contribution >= 4 is 56.4 Å². The molecule has 2 amide bonds. The first-order chi connectivity index (χ1) is 13.0. The third-order valence-corrected chi connectivity index (χ3v) is 5.05. The molecule has 0 aliphatic rings. The maximum atomic E-state index is 12.2. The highest BCUT2D eigenvalue weighted by Crippen LogP contribution is 2.39. The van der Waals surface area contributed by atoms with E-state index in [-0.39, 0.29) is 0 Å². The van der Waals surface area contributed by atoms with Crippen molar-refractivity contribution in [3.05, 3.63) is 52.4 Å². The molecule has 0 aliphatic carbocycles. The first-order valence-electron chi connectivity index (χ1n) is 8.13. The van der Waals surface area contributed by atoms with E-state index in [0.717, 1.165) is 10.1 Å². The molecule has 27 heavy (non-hydrogen) atoms. The smallest absolute Gasteiger partial charge is 0.351 e. The highest BCUT2D eigenvalue weighted by molar-refractivity contribution is 7.21. The van der Waals surface area contributed by atoms with E-state index in [1.165, 1.54) is 18.4 Å². The maximum absolute atomic E-state index is 12.2. The number of urea groups is 1. The van der Waals surface area contributed by atoms with Gasteiger partial charge in [0.25, 0.3) is 0 Å². The lowest BCUT2D eigenvalue weighted by Gasteiger charge is -2.09. The maximum Gasteiger partial charge on any atom is 0.351 e. The molecule has 2 aromatic carbocycles. The van der Waals surface area contributed by atoms with Gasteiger partial charge in [0.2, 0.25) is 0 Å². The zero-order valence-corrected chi connectivity index (χ0v) is 16.2. The summed E-state index contributed by atoms with van der Waals surface area (Å²) in [5, 5.41) is 6.83. The fraction of sp³-hybridized carbons (Fsp3) is 0.158. The van der Waals surface area contributed by atoms with E-state index in [1.807, 2.05) is 13.0 Å². The number of halogens is 1. The molecule has 8 heteroatoms. The van der Waals surface area contributed by atoms with Crippen molar-refractivity contribution in [3.63, 3.8) is 0 Å². The largest absolute Gasteiger partial charge is 0.491 e. The number of hydrogen-bond acceptors (Lipinski definition) is 5. The van der Waals surface area contributed by atoms with E-state index < -0.39 is 12.0 Å². The Morgan fingerprint density at radius 2 is 1.74 bits per heavy atom. The predicted octanol–water partition coefficient (Wildman–Crippen LogP) is 5.38. The molecule has 3 aromatic rings. The molecule has 0 atom stereocenters. The summed E-state index contributed by atoms with van der Waals surface area (Å²) in [5.41, 5.74) is 1.20. The normalized spacial score (nSPS) is 10.5. The van der Waals surface area contributed by atoms with Gasteiger partial charge in [-0.2, -0.15) is 0 Å². The lowest BCUT2D eigenvalue weighted by molar-refractivity contribution is 0.0602. The van der Waals surface area contributed by atoms with Crippen molar-refractivity contribution in [3.8, 4) is 5.75 Å². The number of anilines is 2. The van der Waals surface area contributed by atoms with Gasteiger partial charge in [-0.3, -0.25) is 0 Å². The highest BCUT2D eigenvalue weighted by Gasteiger charge is 2.20. The van der Waals surface area contributed by atoms with Gasteiger partial charge in [0.1, 0.15) is 0 Å². The molecule has 6 nitrogen and oxygen atoms in total. The molecular weight excluding hydrogens is 388 g/mol. The first kappa shape index (κ1) is 19.0. The molecule has 0 unspecified atom stereocenters. The van der Waals surface area contributed by atoms with Crippen molar-refractivity contribution in [2.45, 2.75) is 6.92 Å². The number of carbonyl (C=O) groups is 2. The Morgan fingerprint density at radius 1 is 1.07 bits per heavy atom. The minimum Gasteiger partial charge on any atom is -0.491 e. The number of carbonyl (C=O) groups excluding carboxylic acids is 2. The van der Waals surface area contributed by atoms with Gasteiger partial charge in [0, 0.05) is 26.5 Å². The number of hydrogen-bond donors (Lipinski definition) is 2. The Hall–Kier alpha value is -2.77. The number of rotatable bonds is 5. The number of amides is 2. The fourth-order valence-electron chi connectivity index (χ4n) is 2.49. The Labute approximate surface area is 165 Å². The number of benzene rings is 2. The van der Waals surface area contributed by atoms with Crippen LogP contribution in [0.4, 0.5) is 16.2 Å². The van der Waals surface area contributed by atoms with Crippen molar-refractivity contribution in [2.75, 3.05) is 24.4 Å². The number of nitrogens with one attached hydrogen (secondary N) is 2. The Bertz CT molecular complexity index is 985. The molecule has 0 radical (unpaired) electrons. The van der Waals surface area contributed by atoms with Crippen molar-refractivity contribution < 1.29 is 19.1 Å². The van der Waals surface area contributed by atoms with Crippen LogP contribution in [0, 0.1) is 0 Å². The predicted molar refractivity (Wildman–Crippen MR) is 108 cm³/mol. The van der Waals surface area contributed by atoms with Gasteiger partial charge in [-0.05, 0) is 49.4 Å². The first-order valence-corrected chi connectivity index (χ1v) is 9.32. The van der Waals surface area contributed by atoms with E-state index >= 15 is 0 Å². The van der Waals surface area contributed by atoms with Crippen LogP contribution in [0.25, 0.3) is 10.1 Å². The standard InChI is InChI=1S/C19H17ClN2O4S/c1-3-26-16-14-10-13(8-9-15(14)27-17(16)18(23)25-2)22-19(24)21-12-6-4-11(20)5-7-12/h4-10H,3H2,1-2H3,(H2,21,22,24). The van der Waals surface area contributed by atoms with Gasteiger partial charge in [0.15, 0.2) is 10.6 Å². The minimum atomic E-state index is -0.449. The van der Waals surface area contributed by atoms with Crippen LogP contribution in [-0.4, -0.2) is 25.7 Å². The summed E-state index contributed by atoms with van der Waals surface area (Å²) in [6.45, 7) is 2.25. The van der Waals surface area contributed by atoms with Crippen LogP contribution < -0.4 is 15.4 Å². The number of ether oxygens (including phenoxy) is 2. The zero-order chi connectivity index (χ0) is 19.4. The Kier molecular flexibility index (Phi) is 5.83. The van der Waals surface area contributed by atoms with Crippen LogP contribution in [0.3, 0.4) is 0 Å². The van der Waals surface area contributed by atoms with E-state index in [1.54, 1.807) is 36.4 Å². The third-order valence-electron chi connectivity index (χ3n) is 3.66. The van der Waals surface area contributed by atoms with Crippen LogP contribution in [0.5, 0.6) is 5.75 Å². The second kappa shape index (κ2) is 8.28. The van der Waals surface area contributed by atoms with E-state index in [9.17, 15) is 9.59 Å². The molecule has 1 heterocycles. The average molecular weight is 405 g/mol. The molecular formula is C19H17ClN2O4S. The van der Waals surface area contributed by atoms with Crippen molar-refractivity contribution in [1.82, 2.24) is 0 Å². The monoisotopic (exact) mass is 404 g/mol. The van der Waals surface area contributed by atoms with Crippen LogP contribution >= 0.6 is 22.9 Å². The molecule has 3 rings (SSSR count). The third kappa shape index (κ3) is 4.32. The number of methoxy groups -OCH3 is 1. The van der Waals surface area contributed by atoms with Gasteiger partial charge < -0.3 is 20.1 Å². The second-order valence-electron chi connectivity index (χ2n) is 5.48. The van der Waals surface area contributed by atoms with Gasteiger partial charge >= 0.3 is 12.0 Å². The molecule has 2 N–H and O–H groups in total. The van der Waals surface area contributed by atoms with E-state index in [0.29, 0.717) is 33.6 Å². The lowest BCUT2D eigenvalue weighted by Crippen LogP contribution is -2.19. The van der Waals surface area contributed by atoms with Gasteiger partial charge in [-0.15, -0.1) is 11.3 Å². The summed E-state index contributed by atoms with van der Waals surface area (Å²) in [6, 6.07) is 11.8. The molecule has 0 bridgehead atoms.